The molecule has 1 fully saturated rings. The van der Waals surface area contributed by atoms with Gasteiger partial charge in [-0.2, -0.15) is 0 Å². The van der Waals surface area contributed by atoms with Crippen molar-refractivity contribution in [3.8, 4) is 0 Å². The SMILES string of the molecule is NCc1ccc(CC2CCC2)cc1. The van der Waals surface area contributed by atoms with Crippen LogP contribution in [0.4, 0.5) is 0 Å². The lowest BCUT2D eigenvalue weighted by Gasteiger charge is -2.25. The van der Waals surface area contributed by atoms with Crippen LogP contribution in [0.5, 0.6) is 0 Å². The van der Waals surface area contributed by atoms with Gasteiger partial charge in [0, 0.05) is 6.54 Å². The predicted octanol–water partition coefficient (Wildman–Crippen LogP) is 2.49. The molecule has 1 aliphatic rings. The summed E-state index contributed by atoms with van der Waals surface area (Å²) < 4.78 is 0. The zero-order chi connectivity index (χ0) is 9.10. The van der Waals surface area contributed by atoms with E-state index in [9.17, 15) is 0 Å². The zero-order valence-electron chi connectivity index (χ0n) is 8.00. The summed E-state index contributed by atoms with van der Waals surface area (Å²) >= 11 is 0. The van der Waals surface area contributed by atoms with Crippen LogP contribution in [0.3, 0.4) is 0 Å². The number of rotatable bonds is 3. The Hall–Kier alpha value is -0.820. The molecule has 0 amide bonds. The summed E-state index contributed by atoms with van der Waals surface area (Å²) in [6.07, 6.45) is 5.56. The standard InChI is InChI=1S/C12H17N/c13-9-12-6-4-11(5-7-12)8-10-2-1-3-10/h4-7,10H,1-3,8-9,13H2. The molecule has 2 N–H and O–H groups in total. The summed E-state index contributed by atoms with van der Waals surface area (Å²) in [4.78, 5) is 0. The summed E-state index contributed by atoms with van der Waals surface area (Å²) in [5.41, 5.74) is 8.25. The Morgan fingerprint density at radius 2 is 1.69 bits per heavy atom. The predicted molar refractivity (Wildman–Crippen MR) is 55.4 cm³/mol. The lowest BCUT2D eigenvalue weighted by molar-refractivity contribution is 0.314. The van der Waals surface area contributed by atoms with Gasteiger partial charge in [-0.25, -0.2) is 0 Å². The van der Waals surface area contributed by atoms with Crippen molar-refractivity contribution in [3.63, 3.8) is 0 Å². The number of nitrogens with two attached hydrogens (primary N) is 1. The molecule has 0 saturated heterocycles. The molecule has 1 aromatic carbocycles. The van der Waals surface area contributed by atoms with E-state index >= 15 is 0 Å². The van der Waals surface area contributed by atoms with Crippen LogP contribution >= 0.6 is 0 Å². The Morgan fingerprint density at radius 3 is 2.15 bits per heavy atom. The van der Waals surface area contributed by atoms with E-state index in [-0.39, 0.29) is 0 Å². The Bertz CT molecular complexity index is 259. The number of benzene rings is 1. The van der Waals surface area contributed by atoms with Crippen LogP contribution in [-0.4, -0.2) is 0 Å². The van der Waals surface area contributed by atoms with Crippen molar-refractivity contribution >= 4 is 0 Å². The van der Waals surface area contributed by atoms with Gasteiger partial charge in [0.2, 0.25) is 0 Å². The van der Waals surface area contributed by atoms with Gasteiger partial charge in [-0.05, 0) is 23.5 Å². The molecule has 1 nitrogen and oxygen atoms in total. The van der Waals surface area contributed by atoms with Crippen LogP contribution in [0.15, 0.2) is 24.3 Å². The fraction of sp³-hybridized carbons (Fsp3) is 0.500. The molecular formula is C12H17N. The molecule has 0 aliphatic heterocycles. The minimum absolute atomic E-state index is 0.656. The van der Waals surface area contributed by atoms with Gasteiger partial charge in [0.05, 0.1) is 0 Å². The van der Waals surface area contributed by atoms with E-state index in [4.69, 9.17) is 5.73 Å². The highest BCUT2D eigenvalue weighted by atomic mass is 14.5. The largest absolute Gasteiger partial charge is 0.326 e. The maximum atomic E-state index is 5.54. The molecular weight excluding hydrogens is 158 g/mol. The molecule has 70 valence electrons. The van der Waals surface area contributed by atoms with Crippen LogP contribution in [0.25, 0.3) is 0 Å². The van der Waals surface area contributed by atoms with Gasteiger partial charge in [-0.1, -0.05) is 43.5 Å². The first-order chi connectivity index (χ1) is 6.38. The van der Waals surface area contributed by atoms with Gasteiger partial charge >= 0.3 is 0 Å². The van der Waals surface area contributed by atoms with Gasteiger partial charge in [-0.3, -0.25) is 0 Å². The molecule has 0 unspecified atom stereocenters. The highest BCUT2D eigenvalue weighted by molar-refractivity contribution is 5.22. The van der Waals surface area contributed by atoms with Gasteiger partial charge in [-0.15, -0.1) is 0 Å². The molecule has 0 bridgehead atoms. The fourth-order valence-corrected chi connectivity index (χ4v) is 1.84. The molecule has 1 aromatic rings. The lowest BCUT2D eigenvalue weighted by atomic mass is 9.81. The monoisotopic (exact) mass is 175 g/mol. The third kappa shape index (κ3) is 2.10. The number of hydrogen-bond donors (Lipinski definition) is 1. The molecule has 0 heterocycles. The Kier molecular flexibility index (Phi) is 2.65. The minimum Gasteiger partial charge on any atom is -0.326 e. The summed E-state index contributed by atoms with van der Waals surface area (Å²) in [6, 6.07) is 8.74. The van der Waals surface area contributed by atoms with Crippen molar-refractivity contribution in [2.45, 2.75) is 32.2 Å². The van der Waals surface area contributed by atoms with E-state index in [0.717, 1.165) is 5.92 Å². The first-order valence-corrected chi connectivity index (χ1v) is 5.16. The molecule has 1 saturated carbocycles. The summed E-state index contributed by atoms with van der Waals surface area (Å²) in [5.74, 6) is 0.962. The average Bonchev–Trinajstić information content (AvgIpc) is 2.12. The van der Waals surface area contributed by atoms with Crippen LogP contribution < -0.4 is 5.73 Å². The van der Waals surface area contributed by atoms with E-state index < -0.39 is 0 Å². The van der Waals surface area contributed by atoms with E-state index in [1.54, 1.807) is 0 Å². The van der Waals surface area contributed by atoms with Gasteiger partial charge < -0.3 is 5.73 Å². The minimum atomic E-state index is 0.656. The summed E-state index contributed by atoms with van der Waals surface area (Å²) in [7, 11) is 0. The fourth-order valence-electron chi connectivity index (χ4n) is 1.84. The average molecular weight is 175 g/mol. The van der Waals surface area contributed by atoms with Crippen LogP contribution in [0, 0.1) is 5.92 Å². The van der Waals surface area contributed by atoms with E-state index in [1.807, 2.05) is 0 Å². The summed E-state index contributed by atoms with van der Waals surface area (Å²) in [6.45, 7) is 0.656. The van der Waals surface area contributed by atoms with Crippen LogP contribution in [0.1, 0.15) is 30.4 Å². The Balaban J connectivity index is 1.96. The van der Waals surface area contributed by atoms with Crippen molar-refractivity contribution in [2.24, 2.45) is 11.7 Å². The highest BCUT2D eigenvalue weighted by Gasteiger charge is 2.17. The summed E-state index contributed by atoms with van der Waals surface area (Å²) in [5, 5.41) is 0. The third-order valence-electron chi connectivity index (χ3n) is 3.01. The zero-order valence-corrected chi connectivity index (χ0v) is 8.00. The second-order valence-electron chi connectivity index (χ2n) is 4.02. The van der Waals surface area contributed by atoms with Crippen molar-refractivity contribution in [1.29, 1.82) is 0 Å². The quantitative estimate of drug-likeness (QED) is 0.750. The molecule has 1 heteroatoms. The first-order valence-electron chi connectivity index (χ1n) is 5.16. The smallest absolute Gasteiger partial charge is 0.0178 e. The van der Waals surface area contributed by atoms with Gasteiger partial charge in [0.15, 0.2) is 0 Å². The molecule has 0 spiro atoms. The molecule has 0 aromatic heterocycles. The highest BCUT2D eigenvalue weighted by Crippen LogP contribution is 2.29. The molecule has 0 atom stereocenters. The second-order valence-corrected chi connectivity index (χ2v) is 4.02. The van der Waals surface area contributed by atoms with Crippen LogP contribution in [0.2, 0.25) is 0 Å². The van der Waals surface area contributed by atoms with Crippen molar-refractivity contribution < 1.29 is 0 Å². The molecule has 1 aliphatic carbocycles. The van der Waals surface area contributed by atoms with Crippen molar-refractivity contribution in [2.75, 3.05) is 0 Å². The van der Waals surface area contributed by atoms with Crippen molar-refractivity contribution in [1.82, 2.24) is 0 Å². The Morgan fingerprint density at radius 1 is 1.08 bits per heavy atom. The van der Waals surface area contributed by atoms with E-state index in [0.29, 0.717) is 6.54 Å². The van der Waals surface area contributed by atoms with Crippen molar-refractivity contribution in [3.05, 3.63) is 35.4 Å². The van der Waals surface area contributed by atoms with Crippen LogP contribution in [-0.2, 0) is 13.0 Å². The molecule has 2 rings (SSSR count). The number of hydrogen-bond acceptors (Lipinski definition) is 1. The third-order valence-corrected chi connectivity index (χ3v) is 3.01. The normalized spacial score (nSPS) is 17.0. The second kappa shape index (κ2) is 3.93. The van der Waals surface area contributed by atoms with Gasteiger partial charge in [0.25, 0.3) is 0 Å². The lowest BCUT2D eigenvalue weighted by Crippen LogP contribution is -2.13. The van der Waals surface area contributed by atoms with Gasteiger partial charge in [0.1, 0.15) is 0 Å². The van der Waals surface area contributed by atoms with E-state index in [2.05, 4.69) is 24.3 Å². The maximum absolute atomic E-state index is 5.54. The first kappa shape index (κ1) is 8.76. The topological polar surface area (TPSA) is 26.0 Å². The molecule has 13 heavy (non-hydrogen) atoms. The van der Waals surface area contributed by atoms with E-state index in [1.165, 1.54) is 36.8 Å². The Labute approximate surface area is 80.0 Å². The molecule has 0 radical (unpaired) electrons. The maximum Gasteiger partial charge on any atom is 0.0178 e.